The maximum absolute atomic E-state index is 2.60. The second kappa shape index (κ2) is 11.8. The average molecular weight is 827 g/mol. The molecule has 66 heavy (non-hydrogen) atoms. The maximum Gasteiger partial charge on any atom is -0.000719 e. The molecule has 0 heterocycles. The molecule has 0 bridgehead atoms. The van der Waals surface area contributed by atoms with Gasteiger partial charge in [-0.25, -0.2) is 0 Å². The van der Waals surface area contributed by atoms with Gasteiger partial charge in [0.2, 0.25) is 0 Å². The second-order valence-corrected chi connectivity index (χ2v) is 19.0. The molecule has 0 heteroatoms. The SMILES string of the molecule is c1ccc2c(c1)cc1c3cc4c(-c5ccc6ccc7cccc8ccc5c6c78)c5c6cccc7cccc(c5c(-c5ccc8ccc9cccc%10ccc5c8c9%10)c4cc3c3cccc2c31)c76. The monoisotopic (exact) mass is 826 g/mol. The first-order valence-corrected chi connectivity index (χ1v) is 23.2. The zero-order valence-electron chi connectivity index (χ0n) is 35.6. The van der Waals surface area contributed by atoms with Gasteiger partial charge >= 0.3 is 0 Å². The van der Waals surface area contributed by atoms with E-state index in [4.69, 9.17) is 0 Å². The van der Waals surface area contributed by atoms with Crippen molar-refractivity contribution in [3.8, 4) is 22.3 Å². The van der Waals surface area contributed by atoms with Gasteiger partial charge in [-0.3, -0.25) is 0 Å². The quantitative estimate of drug-likeness (QED) is 0.152. The Hall–Kier alpha value is -8.58. The minimum absolute atomic E-state index is 1.28. The smallest absolute Gasteiger partial charge is 0.000719 e. The van der Waals surface area contributed by atoms with Gasteiger partial charge in [0.25, 0.3) is 0 Å². The second-order valence-electron chi connectivity index (χ2n) is 19.0. The van der Waals surface area contributed by atoms with Crippen LogP contribution in [-0.2, 0) is 0 Å². The zero-order valence-corrected chi connectivity index (χ0v) is 35.6. The summed E-state index contributed by atoms with van der Waals surface area (Å²) in [5.74, 6) is 0. The average Bonchev–Trinajstić information content (AvgIpc) is 3.87. The van der Waals surface area contributed by atoms with Crippen LogP contribution in [0.5, 0.6) is 0 Å². The van der Waals surface area contributed by atoms with E-state index in [2.05, 4.69) is 206 Å². The summed E-state index contributed by atoms with van der Waals surface area (Å²) in [6.07, 6.45) is 0. The van der Waals surface area contributed by atoms with Crippen LogP contribution in [0.15, 0.2) is 206 Å². The predicted octanol–water partition coefficient (Wildman–Crippen LogP) is 18.9. The lowest BCUT2D eigenvalue weighted by Gasteiger charge is -2.21. The normalized spacial score (nSPS) is 12.8. The van der Waals surface area contributed by atoms with Crippen molar-refractivity contribution in [1.82, 2.24) is 0 Å². The van der Waals surface area contributed by atoms with Gasteiger partial charge in [0.05, 0.1) is 0 Å². The van der Waals surface area contributed by atoms with Crippen molar-refractivity contribution in [3.63, 3.8) is 0 Å². The van der Waals surface area contributed by atoms with Crippen LogP contribution in [0.4, 0.5) is 0 Å². The number of hydrogen-bond donors (Lipinski definition) is 0. The van der Waals surface area contributed by atoms with Crippen LogP contribution in [0.2, 0.25) is 0 Å². The fourth-order valence-electron chi connectivity index (χ4n) is 13.3. The Balaban J connectivity index is 1.16. The first kappa shape index (κ1) is 33.9. The van der Waals surface area contributed by atoms with Gasteiger partial charge in [0.15, 0.2) is 0 Å². The van der Waals surface area contributed by atoms with Crippen molar-refractivity contribution in [2.45, 2.75) is 0 Å². The van der Waals surface area contributed by atoms with Crippen molar-refractivity contribution in [3.05, 3.63) is 206 Å². The molecule has 0 spiro atoms. The van der Waals surface area contributed by atoms with Crippen LogP contribution >= 0.6 is 0 Å². The Morgan fingerprint density at radius 3 is 1.09 bits per heavy atom. The summed E-state index contributed by atoms with van der Waals surface area (Å²) < 4.78 is 0. The molecule has 0 aliphatic carbocycles. The highest BCUT2D eigenvalue weighted by molar-refractivity contribution is 6.44. The van der Waals surface area contributed by atoms with Gasteiger partial charge in [-0.2, -0.15) is 0 Å². The van der Waals surface area contributed by atoms with E-state index in [-0.39, 0.29) is 0 Å². The standard InChI is InChI=1S/C66H34/c1-2-15-43-42(8-1)32-54-53-34-56-55(33-52(53)45-17-7-16-44(43)62(45)54)63(48-30-26-40-22-20-36-9-3-11-38-24-28-46(48)60(40)57(36)38)65-50-18-5-13-35-14-6-19-51(59(35)50)66(65)64(56)49-31-27-41-23-21-37-10-4-12-39-25-29-47(49)61(41)58(37)39/h1-34H. The van der Waals surface area contributed by atoms with Gasteiger partial charge in [-0.05, 0) is 191 Å². The van der Waals surface area contributed by atoms with E-state index in [0.717, 1.165) is 0 Å². The first-order valence-electron chi connectivity index (χ1n) is 23.2. The summed E-state index contributed by atoms with van der Waals surface area (Å²) in [5.41, 5.74) is 5.21. The van der Waals surface area contributed by atoms with E-state index in [1.54, 1.807) is 0 Å². The van der Waals surface area contributed by atoms with E-state index >= 15 is 0 Å². The Morgan fingerprint density at radius 2 is 0.530 bits per heavy atom. The number of hydrogen-bond acceptors (Lipinski definition) is 0. The highest BCUT2D eigenvalue weighted by atomic mass is 14.3. The summed E-state index contributed by atoms with van der Waals surface area (Å²) >= 11 is 0. The van der Waals surface area contributed by atoms with E-state index < -0.39 is 0 Å². The van der Waals surface area contributed by atoms with Gasteiger partial charge in [0.1, 0.15) is 0 Å². The summed E-state index contributed by atoms with van der Waals surface area (Å²) in [5, 5.41) is 36.8. The molecule has 0 aliphatic heterocycles. The number of rotatable bonds is 2. The Labute approximate surface area is 377 Å². The molecule has 0 aliphatic rings. The van der Waals surface area contributed by atoms with Crippen molar-refractivity contribution in [1.29, 1.82) is 0 Å². The summed E-state index contributed by atoms with van der Waals surface area (Å²) in [4.78, 5) is 0. The van der Waals surface area contributed by atoms with Crippen LogP contribution in [0, 0.1) is 0 Å². The number of benzene rings is 15. The van der Waals surface area contributed by atoms with E-state index in [9.17, 15) is 0 Å². The minimum Gasteiger partial charge on any atom is -0.0616 e. The Bertz CT molecular complexity index is 4940. The van der Waals surface area contributed by atoms with Gasteiger partial charge in [0, 0.05) is 0 Å². The van der Waals surface area contributed by atoms with Crippen LogP contribution in [-0.4, -0.2) is 0 Å². The van der Waals surface area contributed by atoms with Gasteiger partial charge in [-0.1, -0.05) is 188 Å². The fraction of sp³-hybridized carbons (Fsp3) is 0. The Kier molecular flexibility index (Phi) is 6.04. The maximum atomic E-state index is 2.60. The van der Waals surface area contributed by atoms with Crippen LogP contribution in [0.3, 0.4) is 0 Å². The lowest BCUT2D eigenvalue weighted by molar-refractivity contribution is 1.75. The van der Waals surface area contributed by atoms with E-state index in [1.807, 2.05) is 0 Å². The molecule has 0 saturated carbocycles. The molecule has 0 aromatic heterocycles. The molecule has 298 valence electrons. The molecule has 0 fully saturated rings. The van der Waals surface area contributed by atoms with Crippen molar-refractivity contribution in [2.24, 2.45) is 0 Å². The lowest BCUT2D eigenvalue weighted by Crippen LogP contribution is -1.93. The summed E-state index contributed by atoms with van der Waals surface area (Å²) in [6, 6.07) is 79.4. The minimum atomic E-state index is 1.28. The third-order valence-corrected chi connectivity index (χ3v) is 16.0. The van der Waals surface area contributed by atoms with Crippen LogP contribution < -0.4 is 0 Å². The largest absolute Gasteiger partial charge is 0.0616 e. The molecule has 0 saturated heterocycles. The van der Waals surface area contributed by atoms with Crippen molar-refractivity contribution in [2.75, 3.05) is 0 Å². The molecular weight excluding hydrogens is 793 g/mol. The topological polar surface area (TPSA) is 0 Å². The molecule has 17 rings (SSSR count). The predicted molar refractivity (Wildman–Crippen MR) is 287 cm³/mol. The third-order valence-electron chi connectivity index (χ3n) is 16.0. The van der Waals surface area contributed by atoms with Gasteiger partial charge < -0.3 is 0 Å². The Morgan fingerprint density at radius 1 is 0.152 bits per heavy atom. The molecule has 0 nitrogen and oxygen atoms in total. The molecule has 0 amide bonds. The van der Waals surface area contributed by atoms with Crippen molar-refractivity contribution < 1.29 is 0 Å². The van der Waals surface area contributed by atoms with E-state index in [1.165, 1.54) is 173 Å². The molecule has 0 unspecified atom stereocenters. The first-order chi connectivity index (χ1) is 32.7. The lowest BCUT2D eigenvalue weighted by atomic mass is 9.81. The molecule has 17 aromatic carbocycles. The fourth-order valence-corrected chi connectivity index (χ4v) is 13.3. The molecule has 0 atom stereocenters. The van der Waals surface area contributed by atoms with Crippen LogP contribution in [0.25, 0.3) is 173 Å². The van der Waals surface area contributed by atoms with Gasteiger partial charge in [-0.15, -0.1) is 0 Å². The van der Waals surface area contributed by atoms with Crippen LogP contribution in [0.1, 0.15) is 0 Å². The molecule has 17 aromatic rings. The highest BCUT2D eigenvalue weighted by Gasteiger charge is 2.28. The molecular formula is C66H34. The number of fused-ring (bicyclic) bond motifs is 9. The summed E-state index contributed by atoms with van der Waals surface area (Å²) in [7, 11) is 0. The third kappa shape index (κ3) is 4.01. The molecule has 0 radical (unpaired) electrons. The highest BCUT2D eigenvalue weighted by Crippen LogP contribution is 2.56. The van der Waals surface area contributed by atoms with E-state index in [0.29, 0.717) is 0 Å². The zero-order chi connectivity index (χ0) is 42.5. The van der Waals surface area contributed by atoms with Crippen molar-refractivity contribution >= 4 is 151 Å². The molecule has 0 N–H and O–H groups in total. The summed E-state index contributed by atoms with van der Waals surface area (Å²) in [6.45, 7) is 0.